The molecule has 0 unspecified atom stereocenters. The SMILES string of the molecule is CCNS(=O)(=O)c1ccc(/C=C/C(=O)N2CCC(CCN3CCOCC3)CC2)cc1. The Labute approximate surface area is 180 Å². The van der Waals surface area contributed by atoms with Crippen molar-refractivity contribution in [3.8, 4) is 0 Å². The Hall–Kier alpha value is -1.74. The minimum Gasteiger partial charge on any atom is -0.379 e. The van der Waals surface area contributed by atoms with E-state index < -0.39 is 10.0 Å². The molecule has 2 heterocycles. The normalized spacial score (nSPS) is 19.4. The molecule has 1 aromatic rings. The van der Waals surface area contributed by atoms with E-state index in [4.69, 9.17) is 4.74 Å². The highest BCUT2D eigenvalue weighted by Gasteiger charge is 2.22. The zero-order valence-electron chi connectivity index (χ0n) is 17.8. The molecule has 7 nitrogen and oxygen atoms in total. The lowest BCUT2D eigenvalue weighted by Crippen LogP contribution is -2.40. The molecule has 2 saturated heterocycles. The van der Waals surface area contributed by atoms with Crippen LogP contribution in [0.15, 0.2) is 35.2 Å². The fourth-order valence-corrected chi connectivity index (χ4v) is 4.98. The van der Waals surface area contributed by atoms with Crippen LogP contribution in [0.3, 0.4) is 0 Å². The molecule has 8 heteroatoms. The van der Waals surface area contributed by atoms with Crippen LogP contribution in [0.2, 0.25) is 0 Å². The third kappa shape index (κ3) is 6.63. The van der Waals surface area contributed by atoms with Gasteiger partial charge in [0, 0.05) is 38.8 Å². The summed E-state index contributed by atoms with van der Waals surface area (Å²) < 4.78 is 31.8. The zero-order valence-corrected chi connectivity index (χ0v) is 18.6. The average molecular weight is 436 g/mol. The fourth-order valence-electron chi connectivity index (χ4n) is 3.94. The summed E-state index contributed by atoms with van der Waals surface area (Å²) in [6.07, 6.45) is 6.64. The first kappa shape index (κ1) is 22.9. The quantitative estimate of drug-likeness (QED) is 0.632. The van der Waals surface area contributed by atoms with Gasteiger partial charge < -0.3 is 9.64 Å². The van der Waals surface area contributed by atoms with Crippen LogP contribution in [0.25, 0.3) is 6.08 Å². The summed E-state index contributed by atoms with van der Waals surface area (Å²) in [5.74, 6) is 0.707. The van der Waals surface area contributed by atoms with Crippen molar-refractivity contribution in [1.82, 2.24) is 14.5 Å². The predicted octanol–water partition coefficient (Wildman–Crippen LogP) is 1.96. The number of amides is 1. The van der Waals surface area contributed by atoms with E-state index in [1.807, 2.05) is 4.90 Å². The van der Waals surface area contributed by atoms with Crippen LogP contribution < -0.4 is 4.72 Å². The molecule has 3 rings (SSSR count). The number of hydrogen-bond donors (Lipinski definition) is 1. The van der Waals surface area contributed by atoms with Crippen molar-refractivity contribution in [3.63, 3.8) is 0 Å². The number of nitrogens with zero attached hydrogens (tertiary/aromatic N) is 2. The summed E-state index contributed by atoms with van der Waals surface area (Å²) in [5.41, 5.74) is 0.805. The van der Waals surface area contributed by atoms with Gasteiger partial charge in [-0.3, -0.25) is 9.69 Å². The van der Waals surface area contributed by atoms with Gasteiger partial charge in [0.15, 0.2) is 0 Å². The number of rotatable bonds is 8. The number of sulfonamides is 1. The van der Waals surface area contributed by atoms with E-state index in [1.54, 1.807) is 43.3 Å². The first-order chi connectivity index (χ1) is 14.5. The van der Waals surface area contributed by atoms with Crippen LogP contribution in [0.5, 0.6) is 0 Å². The molecule has 2 fully saturated rings. The van der Waals surface area contributed by atoms with Crippen LogP contribution in [0.4, 0.5) is 0 Å². The molecule has 0 aromatic heterocycles. The Morgan fingerprint density at radius 3 is 2.43 bits per heavy atom. The first-order valence-electron chi connectivity index (χ1n) is 10.8. The molecule has 1 N–H and O–H groups in total. The van der Waals surface area contributed by atoms with Crippen molar-refractivity contribution in [1.29, 1.82) is 0 Å². The van der Waals surface area contributed by atoms with Gasteiger partial charge in [0.25, 0.3) is 0 Å². The van der Waals surface area contributed by atoms with E-state index in [2.05, 4.69) is 9.62 Å². The van der Waals surface area contributed by atoms with Gasteiger partial charge in [-0.2, -0.15) is 0 Å². The molecule has 30 heavy (non-hydrogen) atoms. The lowest BCUT2D eigenvalue weighted by atomic mass is 9.93. The molecule has 2 aliphatic heterocycles. The van der Waals surface area contributed by atoms with E-state index in [0.717, 1.165) is 64.3 Å². The van der Waals surface area contributed by atoms with Crippen LogP contribution in [0.1, 0.15) is 31.7 Å². The summed E-state index contributed by atoms with van der Waals surface area (Å²) in [7, 11) is -3.45. The molecular weight excluding hydrogens is 402 g/mol. The highest BCUT2D eigenvalue weighted by molar-refractivity contribution is 7.89. The van der Waals surface area contributed by atoms with E-state index in [-0.39, 0.29) is 10.8 Å². The lowest BCUT2D eigenvalue weighted by Gasteiger charge is -2.33. The van der Waals surface area contributed by atoms with E-state index in [9.17, 15) is 13.2 Å². The molecule has 1 amide bonds. The number of carbonyl (C=O) groups excluding carboxylic acids is 1. The number of piperidine rings is 1. The van der Waals surface area contributed by atoms with Crippen LogP contribution in [-0.2, 0) is 19.6 Å². The van der Waals surface area contributed by atoms with Crippen molar-refractivity contribution >= 4 is 22.0 Å². The molecule has 166 valence electrons. The predicted molar refractivity (Wildman–Crippen MR) is 118 cm³/mol. The van der Waals surface area contributed by atoms with Gasteiger partial charge in [0.1, 0.15) is 0 Å². The zero-order chi connectivity index (χ0) is 21.4. The van der Waals surface area contributed by atoms with Crippen molar-refractivity contribution in [2.24, 2.45) is 5.92 Å². The Balaban J connectivity index is 1.43. The third-order valence-electron chi connectivity index (χ3n) is 5.83. The van der Waals surface area contributed by atoms with Crippen molar-refractivity contribution < 1.29 is 17.9 Å². The fraction of sp³-hybridized carbons (Fsp3) is 0.591. The molecule has 1 aromatic carbocycles. The second-order valence-corrected chi connectivity index (χ2v) is 9.68. The molecule has 0 saturated carbocycles. The average Bonchev–Trinajstić information content (AvgIpc) is 2.77. The number of morpholine rings is 1. The standard InChI is InChI=1S/C22H33N3O4S/c1-2-23-30(27,28)21-6-3-19(4-7-21)5-8-22(26)25-13-10-20(11-14-25)9-12-24-15-17-29-18-16-24/h3-8,20,23H,2,9-18H2,1H3/b8-5+. The number of nitrogens with one attached hydrogen (secondary N) is 1. The Kier molecular flexibility index (Phi) is 8.44. The van der Waals surface area contributed by atoms with E-state index in [0.29, 0.717) is 12.5 Å². The van der Waals surface area contributed by atoms with E-state index in [1.165, 1.54) is 6.42 Å². The third-order valence-corrected chi connectivity index (χ3v) is 7.39. The first-order valence-corrected chi connectivity index (χ1v) is 12.3. The number of hydrogen-bond acceptors (Lipinski definition) is 5. The van der Waals surface area contributed by atoms with Crippen LogP contribution >= 0.6 is 0 Å². The van der Waals surface area contributed by atoms with Crippen molar-refractivity contribution in [2.45, 2.75) is 31.1 Å². The molecule has 0 radical (unpaired) electrons. The van der Waals surface area contributed by atoms with Crippen LogP contribution in [0, 0.1) is 5.92 Å². The lowest BCUT2D eigenvalue weighted by molar-refractivity contribution is -0.127. The monoisotopic (exact) mass is 435 g/mol. The number of benzene rings is 1. The van der Waals surface area contributed by atoms with E-state index >= 15 is 0 Å². The second kappa shape index (κ2) is 11.0. The van der Waals surface area contributed by atoms with Gasteiger partial charge in [0.05, 0.1) is 18.1 Å². The maximum atomic E-state index is 12.5. The molecule has 0 bridgehead atoms. The summed E-state index contributed by atoms with van der Waals surface area (Å²) >= 11 is 0. The molecule has 2 aliphatic rings. The molecule has 0 spiro atoms. The Morgan fingerprint density at radius 1 is 1.13 bits per heavy atom. The smallest absolute Gasteiger partial charge is 0.246 e. The van der Waals surface area contributed by atoms with Gasteiger partial charge in [-0.05, 0) is 55.5 Å². The van der Waals surface area contributed by atoms with Gasteiger partial charge >= 0.3 is 0 Å². The molecule has 0 atom stereocenters. The van der Waals surface area contributed by atoms with Gasteiger partial charge in [-0.25, -0.2) is 13.1 Å². The summed E-state index contributed by atoms with van der Waals surface area (Å²) in [6, 6.07) is 6.54. The number of ether oxygens (including phenoxy) is 1. The summed E-state index contributed by atoms with van der Waals surface area (Å²) in [4.78, 5) is 17.1. The maximum absolute atomic E-state index is 12.5. The van der Waals surface area contributed by atoms with Crippen molar-refractivity contribution in [3.05, 3.63) is 35.9 Å². The second-order valence-electron chi connectivity index (χ2n) is 7.92. The largest absolute Gasteiger partial charge is 0.379 e. The number of likely N-dealkylation sites (tertiary alicyclic amines) is 1. The minimum absolute atomic E-state index is 0.0194. The summed E-state index contributed by atoms with van der Waals surface area (Å²) in [6.45, 7) is 8.57. The molecular formula is C22H33N3O4S. The highest BCUT2D eigenvalue weighted by atomic mass is 32.2. The minimum atomic E-state index is -3.45. The highest BCUT2D eigenvalue weighted by Crippen LogP contribution is 2.21. The van der Waals surface area contributed by atoms with Crippen molar-refractivity contribution in [2.75, 3.05) is 52.5 Å². The molecule has 0 aliphatic carbocycles. The topological polar surface area (TPSA) is 79.0 Å². The van der Waals surface area contributed by atoms with Gasteiger partial charge in [-0.1, -0.05) is 19.1 Å². The number of carbonyl (C=O) groups is 1. The van der Waals surface area contributed by atoms with Crippen LogP contribution in [-0.4, -0.2) is 76.6 Å². The Morgan fingerprint density at radius 2 is 1.80 bits per heavy atom. The Bertz CT molecular complexity index is 809. The maximum Gasteiger partial charge on any atom is 0.246 e. The van der Waals surface area contributed by atoms with Gasteiger partial charge in [-0.15, -0.1) is 0 Å². The van der Waals surface area contributed by atoms with Gasteiger partial charge in [0.2, 0.25) is 15.9 Å². The summed E-state index contributed by atoms with van der Waals surface area (Å²) in [5, 5.41) is 0.